The summed E-state index contributed by atoms with van der Waals surface area (Å²) in [4.78, 5) is 3.98. The maximum Gasteiger partial charge on any atom is 0.121 e. The fraction of sp³-hybridized carbons (Fsp3) is 0.308. The molecule has 0 aliphatic carbocycles. The van der Waals surface area contributed by atoms with Crippen LogP contribution >= 0.6 is 0 Å². The molecule has 2 aromatic rings. The van der Waals surface area contributed by atoms with Crippen molar-refractivity contribution in [2.75, 3.05) is 0 Å². The first-order chi connectivity index (χ1) is 7.72. The largest absolute Gasteiger partial charge is 0.508 e. The molecule has 1 aromatic carbocycles. The highest BCUT2D eigenvalue weighted by Crippen LogP contribution is 2.29. The highest BCUT2D eigenvalue weighted by molar-refractivity contribution is 5.45. The van der Waals surface area contributed by atoms with E-state index in [4.69, 9.17) is 0 Å². The zero-order valence-electron chi connectivity index (χ0n) is 9.59. The van der Waals surface area contributed by atoms with Crippen molar-refractivity contribution >= 4 is 0 Å². The Morgan fingerprint density at radius 1 is 1.44 bits per heavy atom. The Balaban J connectivity index is 2.37. The topological polar surface area (TPSA) is 38.0 Å². The summed E-state index contributed by atoms with van der Waals surface area (Å²) >= 11 is 0. The molecule has 1 aromatic heterocycles. The third-order valence-electron chi connectivity index (χ3n) is 2.96. The van der Waals surface area contributed by atoms with Gasteiger partial charge in [-0.1, -0.05) is 19.9 Å². The van der Waals surface area contributed by atoms with Crippen molar-refractivity contribution < 1.29 is 5.11 Å². The van der Waals surface area contributed by atoms with Crippen molar-refractivity contribution in [2.45, 2.75) is 26.2 Å². The number of phenolic OH excluding ortho intramolecular Hbond substituents is 1. The number of aromatic hydroxyl groups is 1. The lowest BCUT2D eigenvalue weighted by molar-refractivity contribution is 0.461. The molecule has 0 aliphatic rings. The minimum atomic E-state index is 0.362. The van der Waals surface area contributed by atoms with Gasteiger partial charge >= 0.3 is 0 Å². The Morgan fingerprint density at radius 3 is 2.81 bits per heavy atom. The lowest BCUT2D eigenvalue weighted by Gasteiger charge is -2.12. The molecule has 1 heterocycles. The molecule has 16 heavy (non-hydrogen) atoms. The Kier molecular flexibility index (Phi) is 2.95. The molecule has 0 saturated heterocycles. The third kappa shape index (κ3) is 1.94. The van der Waals surface area contributed by atoms with Crippen LogP contribution < -0.4 is 0 Å². The van der Waals surface area contributed by atoms with Crippen LogP contribution in [0.2, 0.25) is 0 Å². The van der Waals surface area contributed by atoms with Gasteiger partial charge in [0.1, 0.15) is 5.75 Å². The lowest BCUT2D eigenvalue weighted by Crippen LogP contribution is -1.95. The zero-order chi connectivity index (χ0) is 11.5. The van der Waals surface area contributed by atoms with E-state index in [1.807, 2.05) is 22.9 Å². The summed E-state index contributed by atoms with van der Waals surface area (Å²) < 4.78 is 1.88. The predicted molar refractivity (Wildman–Crippen MR) is 63.9 cm³/mol. The minimum Gasteiger partial charge on any atom is -0.508 e. The van der Waals surface area contributed by atoms with Crippen LogP contribution in [-0.4, -0.2) is 14.7 Å². The Bertz CT molecular complexity index is 463. The van der Waals surface area contributed by atoms with E-state index in [1.54, 1.807) is 18.6 Å². The zero-order valence-corrected chi connectivity index (χ0v) is 9.59. The number of imidazole rings is 1. The average molecular weight is 216 g/mol. The van der Waals surface area contributed by atoms with E-state index < -0.39 is 0 Å². The normalized spacial score (nSPS) is 12.6. The Hall–Kier alpha value is -1.77. The third-order valence-corrected chi connectivity index (χ3v) is 2.96. The fourth-order valence-corrected chi connectivity index (χ4v) is 1.74. The van der Waals surface area contributed by atoms with E-state index in [9.17, 15) is 5.11 Å². The van der Waals surface area contributed by atoms with Crippen LogP contribution in [0.25, 0.3) is 5.69 Å². The van der Waals surface area contributed by atoms with Gasteiger partial charge in [0.15, 0.2) is 0 Å². The molecule has 2 rings (SSSR count). The quantitative estimate of drug-likeness (QED) is 0.856. The number of rotatable bonds is 3. The summed E-state index contributed by atoms with van der Waals surface area (Å²) in [5, 5.41) is 9.96. The van der Waals surface area contributed by atoms with Gasteiger partial charge in [0.2, 0.25) is 0 Å². The van der Waals surface area contributed by atoms with E-state index in [-0.39, 0.29) is 0 Å². The maximum absolute atomic E-state index is 9.96. The number of benzene rings is 1. The van der Waals surface area contributed by atoms with Crippen LogP contribution in [0, 0.1) is 0 Å². The van der Waals surface area contributed by atoms with Gasteiger partial charge < -0.3 is 9.67 Å². The molecule has 0 aliphatic heterocycles. The van der Waals surface area contributed by atoms with Gasteiger partial charge in [0.25, 0.3) is 0 Å². The molecule has 3 nitrogen and oxygen atoms in total. The molecule has 0 bridgehead atoms. The second kappa shape index (κ2) is 4.39. The Morgan fingerprint density at radius 2 is 2.25 bits per heavy atom. The van der Waals surface area contributed by atoms with Gasteiger partial charge in [-0.2, -0.15) is 0 Å². The molecule has 0 fully saturated rings. The summed E-state index contributed by atoms with van der Waals surface area (Å²) in [7, 11) is 0. The summed E-state index contributed by atoms with van der Waals surface area (Å²) in [5.41, 5.74) is 1.94. The van der Waals surface area contributed by atoms with Crippen LogP contribution in [0.4, 0.5) is 0 Å². The van der Waals surface area contributed by atoms with E-state index in [0.717, 1.165) is 17.7 Å². The number of hydrogen-bond acceptors (Lipinski definition) is 2. The minimum absolute atomic E-state index is 0.362. The summed E-state index contributed by atoms with van der Waals surface area (Å²) in [5.74, 6) is 0.748. The monoisotopic (exact) mass is 216 g/mol. The van der Waals surface area contributed by atoms with Gasteiger partial charge in [0.05, 0.1) is 12.0 Å². The number of hydrogen-bond donors (Lipinski definition) is 1. The average Bonchev–Trinajstić information content (AvgIpc) is 2.81. The fourth-order valence-electron chi connectivity index (χ4n) is 1.74. The summed E-state index contributed by atoms with van der Waals surface area (Å²) in [6.45, 7) is 4.24. The van der Waals surface area contributed by atoms with Gasteiger partial charge in [0, 0.05) is 18.5 Å². The first-order valence-electron chi connectivity index (χ1n) is 5.53. The molecule has 0 radical (unpaired) electrons. The molecule has 3 heteroatoms. The van der Waals surface area contributed by atoms with Crippen molar-refractivity contribution in [3.05, 3.63) is 42.5 Å². The van der Waals surface area contributed by atoms with Crippen LogP contribution in [0.1, 0.15) is 31.7 Å². The predicted octanol–water partition coefficient (Wildman–Crippen LogP) is 3.09. The molecule has 0 amide bonds. The van der Waals surface area contributed by atoms with Crippen molar-refractivity contribution in [3.8, 4) is 11.4 Å². The second-order valence-electron chi connectivity index (χ2n) is 4.02. The SMILES string of the molecule is CCC(C)c1ccc(-n2ccnc2)cc1O. The second-order valence-corrected chi connectivity index (χ2v) is 4.02. The first-order valence-corrected chi connectivity index (χ1v) is 5.53. The number of aromatic nitrogens is 2. The van der Waals surface area contributed by atoms with Gasteiger partial charge in [-0.15, -0.1) is 0 Å². The van der Waals surface area contributed by atoms with Crippen molar-refractivity contribution in [2.24, 2.45) is 0 Å². The smallest absolute Gasteiger partial charge is 0.121 e. The summed E-state index contributed by atoms with van der Waals surface area (Å²) in [6, 6.07) is 5.77. The van der Waals surface area contributed by atoms with Crippen molar-refractivity contribution in [3.63, 3.8) is 0 Å². The van der Waals surface area contributed by atoms with Crippen molar-refractivity contribution in [1.29, 1.82) is 0 Å². The van der Waals surface area contributed by atoms with E-state index in [2.05, 4.69) is 18.8 Å². The van der Waals surface area contributed by atoms with Crippen LogP contribution in [-0.2, 0) is 0 Å². The van der Waals surface area contributed by atoms with Crippen molar-refractivity contribution in [1.82, 2.24) is 9.55 Å². The van der Waals surface area contributed by atoms with Gasteiger partial charge in [-0.25, -0.2) is 4.98 Å². The molecule has 1 N–H and O–H groups in total. The number of phenols is 1. The molecule has 0 spiro atoms. The van der Waals surface area contributed by atoms with Crippen LogP contribution in [0.3, 0.4) is 0 Å². The first kappa shape index (κ1) is 10.7. The van der Waals surface area contributed by atoms with E-state index >= 15 is 0 Å². The molecule has 1 atom stereocenters. The van der Waals surface area contributed by atoms with Crippen LogP contribution in [0.5, 0.6) is 5.75 Å². The molecular weight excluding hydrogens is 200 g/mol. The molecule has 1 unspecified atom stereocenters. The van der Waals surface area contributed by atoms with Gasteiger partial charge in [-0.05, 0) is 24.0 Å². The molecular formula is C13H16N2O. The van der Waals surface area contributed by atoms with Gasteiger partial charge in [-0.3, -0.25) is 0 Å². The Labute approximate surface area is 95.4 Å². The standard InChI is InChI=1S/C13H16N2O/c1-3-10(2)12-5-4-11(8-13(12)16)15-7-6-14-9-15/h4-10,16H,3H2,1-2H3. The molecule has 84 valence electrons. The summed E-state index contributed by atoms with van der Waals surface area (Å²) in [6.07, 6.45) is 6.33. The highest BCUT2D eigenvalue weighted by atomic mass is 16.3. The van der Waals surface area contributed by atoms with E-state index in [0.29, 0.717) is 11.7 Å². The number of nitrogens with zero attached hydrogens (tertiary/aromatic N) is 2. The van der Waals surface area contributed by atoms with Crippen LogP contribution in [0.15, 0.2) is 36.9 Å². The lowest BCUT2D eigenvalue weighted by atomic mass is 9.97. The molecule has 0 saturated carbocycles. The van der Waals surface area contributed by atoms with E-state index in [1.165, 1.54) is 0 Å². The maximum atomic E-state index is 9.96. The highest BCUT2D eigenvalue weighted by Gasteiger charge is 2.09.